The third kappa shape index (κ3) is 4.70. The number of carbonyl (C=O) groups is 2. The summed E-state index contributed by atoms with van der Waals surface area (Å²) in [6.45, 7) is -0.438. The van der Waals surface area contributed by atoms with Gasteiger partial charge < -0.3 is 14.2 Å². The fourth-order valence-corrected chi connectivity index (χ4v) is 3.87. The van der Waals surface area contributed by atoms with Crippen LogP contribution in [0.3, 0.4) is 0 Å². The number of ether oxygens (including phenoxy) is 3. The first-order valence-corrected chi connectivity index (χ1v) is 10.6. The Morgan fingerprint density at radius 3 is 2.38 bits per heavy atom. The number of aromatic nitrogens is 1. The van der Waals surface area contributed by atoms with Gasteiger partial charge in [0.2, 0.25) is 0 Å². The number of rotatable bonds is 7. The highest BCUT2D eigenvalue weighted by Crippen LogP contribution is 2.28. The van der Waals surface area contributed by atoms with E-state index in [1.54, 1.807) is 19.2 Å². The molecule has 0 bridgehead atoms. The van der Waals surface area contributed by atoms with E-state index in [-0.39, 0.29) is 5.56 Å². The Labute approximate surface area is 188 Å². The normalized spacial score (nSPS) is 10.6. The molecule has 7 nitrogen and oxygen atoms in total. The maximum Gasteiger partial charge on any atom is 0.342 e. The molecule has 1 aromatic heterocycles. The summed E-state index contributed by atoms with van der Waals surface area (Å²) in [5.74, 6) is 0.0232. The second-order valence-electron chi connectivity index (χ2n) is 6.79. The van der Waals surface area contributed by atoms with Crippen molar-refractivity contribution in [3.63, 3.8) is 0 Å². The van der Waals surface area contributed by atoms with E-state index in [2.05, 4.69) is 10.3 Å². The van der Waals surface area contributed by atoms with Crippen LogP contribution in [0.4, 0.5) is 5.13 Å². The Bertz CT molecular complexity index is 1270. The molecule has 0 aliphatic rings. The first-order chi connectivity index (χ1) is 15.6. The van der Waals surface area contributed by atoms with E-state index < -0.39 is 18.5 Å². The van der Waals surface area contributed by atoms with Crippen LogP contribution in [0.1, 0.15) is 10.4 Å². The summed E-state index contributed by atoms with van der Waals surface area (Å²) in [7, 11) is 3.09. The van der Waals surface area contributed by atoms with Crippen LogP contribution in [-0.2, 0) is 9.53 Å². The predicted molar refractivity (Wildman–Crippen MR) is 124 cm³/mol. The number of nitrogens with one attached hydrogen (secondary N) is 1. The highest BCUT2D eigenvalue weighted by atomic mass is 32.1. The van der Waals surface area contributed by atoms with Crippen LogP contribution in [0.5, 0.6) is 11.5 Å². The van der Waals surface area contributed by atoms with Gasteiger partial charge in [-0.2, -0.15) is 0 Å². The molecule has 0 aliphatic carbocycles. The number of hydrogen-bond donors (Lipinski definition) is 1. The largest absolute Gasteiger partial charge is 0.497 e. The second kappa shape index (κ2) is 9.49. The fourth-order valence-electron chi connectivity index (χ4n) is 3.14. The van der Waals surface area contributed by atoms with Crippen molar-refractivity contribution in [1.82, 2.24) is 4.98 Å². The monoisotopic (exact) mass is 448 g/mol. The fraction of sp³-hybridized carbons (Fsp3) is 0.125. The molecule has 0 spiro atoms. The molecule has 1 heterocycles. The summed E-state index contributed by atoms with van der Waals surface area (Å²) in [5, 5.41) is 6.72. The predicted octanol–water partition coefficient (Wildman–Crippen LogP) is 4.78. The van der Waals surface area contributed by atoms with Gasteiger partial charge >= 0.3 is 5.97 Å². The van der Waals surface area contributed by atoms with E-state index in [1.807, 2.05) is 53.9 Å². The lowest BCUT2D eigenvalue weighted by Crippen LogP contribution is -2.21. The second-order valence-corrected chi connectivity index (χ2v) is 7.65. The molecule has 0 saturated heterocycles. The third-order valence-corrected chi connectivity index (χ3v) is 5.52. The average molecular weight is 449 g/mol. The van der Waals surface area contributed by atoms with Crippen molar-refractivity contribution >= 4 is 39.1 Å². The average Bonchev–Trinajstić information content (AvgIpc) is 3.30. The SMILES string of the molecule is COc1ccc(-c2csc(NC(=O)COC(=O)c3cc4ccccc4cc3OC)n2)cc1. The number of thiazole rings is 1. The van der Waals surface area contributed by atoms with Crippen molar-refractivity contribution in [2.24, 2.45) is 0 Å². The van der Waals surface area contributed by atoms with E-state index in [9.17, 15) is 9.59 Å². The molecule has 8 heteroatoms. The van der Waals surface area contributed by atoms with Crippen LogP contribution in [0.15, 0.2) is 66.0 Å². The van der Waals surface area contributed by atoms with Gasteiger partial charge in [-0.25, -0.2) is 9.78 Å². The van der Waals surface area contributed by atoms with Gasteiger partial charge in [0.1, 0.15) is 17.1 Å². The Balaban J connectivity index is 1.38. The number of carbonyl (C=O) groups excluding carboxylic acids is 2. The van der Waals surface area contributed by atoms with E-state index in [0.717, 1.165) is 27.8 Å². The minimum Gasteiger partial charge on any atom is -0.497 e. The van der Waals surface area contributed by atoms with E-state index in [1.165, 1.54) is 18.4 Å². The smallest absolute Gasteiger partial charge is 0.342 e. The van der Waals surface area contributed by atoms with Crippen LogP contribution in [0, 0.1) is 0 Å². The number of anilines is 1. The molecule has 0 saturated carbocycles. The highest BCUT2D eigenvalue weighted by Gasteiger charge is 2.17. The number of methoxy groups -OCH3 is 2. The van der Waals surface area contributed by atoms with E-state index in [0.29, 0.717) is 10.9 Å². The molecule has 1 amide bonds. The molecule has 3 aromatic carbocycles. The van der Waals surface area contributed by atoms with Crippen molar-refractivity contribution in [2.45, 2.75) is 0 Å². The van der Waals surface area contributed by atoms with Crippen LogP contribution in [0.2, 0.25) is 0 Å². The first kappa shape index (κ1) is 21.3. The van der Waals surface area contributed by atoms with Crippen LogP contribution in [0.25, 0.3) is 22.0 Å². The molecule has 4 aromatic rings. The first-order valence-electron chi connectivity index (χ1n) is 9.71. The summed E-state index contributed by atoms with van der Waals surface area (Å²) < 4.78 is 15.7. The molecule has 0 atom stereocenters. The summed E-state index contributed by atoms with van der Waals surface area (Å²) in [6, 6.07) is 18.5. The molecule has 162 valence electrons. The number of esters is 1. The number of amides is 1. The summed E-state index contributed by atoms with van der Waals surface area (Å²) in [4.78, 5) is 29.2. The highest BCUT2D eigenvalue weighted by molar-refractivity contribution is 7.14. The van der Waals surface area contributed by atoms with Crippen LogP contribution < -0.4 is 14.8 Å². The van der Waals surface area contributed by atoms with Crippen molar-refractivity contribution < 1.29 is 23.8 Å². The lowest BCUT2D eigenvalue weighted by atomic mass is 10.1. The molecule has 1 N–H and O–H groups in total. The Kier molecular flexibility index (Phi) is 6.32. The third-order valence-electron chi connectivity index (χ3n) is 4.76. The number of benzene rings is 3. The molecule has 4 rings (SSSR count). The minimum atomic E-state index is -0.638. The summed E-state index contributed by atoms with van der Waals surface area (Å²) >= 11 is 1.29. The van der Waals surface area contributed by atoms with Crippen LogP contribution in [-0.4, -0.2) is 37.7 Å². The van der Waals surface area contributed by atoms with Crippen LogP contribution >= 0.6 is 11.3 Å². The molecule has 0 radical (unpaired) electrons. The van der Waals surface area contributed by atoms with Gasteiger partial charge in [0, 0.05) is 10.9 Å². The van der Waals surface area contributed by atoms with Gasteiger partial charge in [0.15, 0.2) is 11.7 Å². The van der Waals surface area contributed by atoms with E-state index in [4.69, 9.17) is 14.2 Å². The van der Waals surface area contributed by atoms with Gasteiger partial charge in [-0.15, -0.1) is 11.3 Å². The van der Waals surface area contributed by atoms with Crippen molar-refractivity contribution in [3.05, 3.63) is 71.6 Å². The Morgan fingerprint density at radius 2 is 1.69 bits per heavy atom. The zero-order chi connectivity index (χ0) is 22.5. The maximum atomic E-state index is 12.6. The lowest BCUT2D eigenvalue weighted by molar-refractivity contribution is -0.119. The lowest BCUT2D eigenvalue weighted by Gasteiger charge is -2.10. The van der Waals surface area contributed by atoms with Gasteiger partial charge in [-0.1, -0.05) is 24.3 Å². The Hall–Kier alpha value is -3.91. The summed E-state index contributed by atoms with van der Waals surface area (Å²) in [6.07, 6.45) is 0. The standard InChI is InChI=1S/C24H20N2O5S/c1-29-18-9-7-15(8-10-18)20-14-32-24(25-20)26-22(27)13-31-23(28)19-11-16-5-3-4-6-17(16)12-21(19)30-2/h3-12,14H,13H2,1-2H3,(H,25,26,27). The molecule has 0 unspecified atom stereocenters. The number of hydrogen-bond acceptors (Lipinski definition) is 7. The van der Waals surface area contributed by atoms with Gasteiger partial charge in [-0.3, -0.25) is 10.1 Å². The minimum absolute atomic E-state index is 0.259. The Morgan fingerprint density at radius 1 is 0.969 bits per heavy atom. The number of nitrogens with zero attached hydrogens (tertiary/aromatic N) is 1. The number of fused-ring (bicyclic) bond motifs is 1. The van der Waals surface area contributed by atoms with Crippen molar-refractivity contribution in [2.75, 3.05) is 26.1 Å². The molecule has 0 fully saturated rings. The van der Waals surface area contributed by atoms with Crippen molar-refractivity contribution in [1.29, 1.82) is 0 Å². The van der Waals surface area contributed by atoms with Gasteiger partial charge in [0.25, 0.3) is 5.91 Å². The molecular formula is C24H20N2O5S. The molecule has 32 heavy (non-hydrogen) atoms. The van der Waals surface area contributed by atoms with Gasteiger partial charge in [0.05, 0.1) is 19.9 Å². The maximum absolute atomic E-state index is 12.6. The van der Waals surface area contributed by atoms with Gasteiger partial charge in [-0.05, 0) is 47.2 Å². The quantitative estimate of drug-likeness (QED) is 0.410. The zero-order valence-corrected chi connectivity index (χ0v) is 18.3. The summed E-state index contributed by atoms with van der Waals surface area (Å²) in [5.41, 5.74) is 1.89. The molecule has 0 aliphatic heterocycles. The van der Waals surface area contributed by atoms with Crippen molar-refractivity contribution in [3.8, 4) is 22.8 Å². The van der Waals surface area contributed by atoms with E-state index >= 15 is 0 Å². The topological polar surface area (TPSA) is 86.8 Å². The zero-order valence-electron chi connectivity index (χ0n) is 17.5. The molecular weight excluding hydrogens is 428 g/mol.